The van der Waals surface area contributed by atoms with Crippen LogP contribution >= 0.6 is 24.0 Å². The molecule has 2 rings (SSSR count). The fourth-order valence-electron chi connectivity index (χ4n) is 2.50. The third-order valence-corrected chi connectivity index (χ3v) is 5.09. The topological polar surface area (TPSA) is 32.7 Å². The highest BCUT2D eigenvalue weighted by molar-refractivity contribution is 8.23. The molecule has 2 aliphatic rings. The van der Waals surface area contributed by atoms with Crippen LogP contribution < -0.4 is 0 Å². The van der Waals surface area contributed by atoms with Crippen LogP contribution in [0.1, 0.15) is 46.5 Å². The van der Waals surface area contributed by atoms with Crippen LogP contribution in [0, 0.1) is 11.3 Å². The van der Waals surface area contributed by atoms with Crippen LogP contribution in [0.15, 0.2) is 5.10 Å². The molecule has 1 heterocycles. The maximum Gasteiger partial charge on any atom is 0.259 e. The largest absolute Gasteiger partial charge is 0.272 e. The number of carbonyl (C=O) groups is 1. The number of thioether (sulfide) groups is 1. The van der Waals surface area contributed by atoms with Gasteiger partial charge in [-0.25, -0.2) is 0 Å². The van der Waals surface area contributed by atoms with Crippen molar-refractivity contribution >= 4 is 39.9 Å². The normalized spacial score (nSPS) is 25.8. The van der Waals surface area contributed by atoms with Gasteiger partial charge in [-0.15, -0.1) is 0 Å². The molecule has 1 aliphatic carbocycles. The van der Waals surface area contributed by atoms with Crippen molar-refractivity contribution in [2.75, 3.05) is 5.75 Å². The van der Waals surface area contributed by atoms with E-state index in [-0.39, 0.29) is 5.91 Å². The summed E-state index contributed by atoms with van der Waals surface area (Å²) < 4.78 is 0.602. The molecular formula is C13H20N2OS2. The molecule has 1 saturated heterocycles. The van der Waals surface area contributed by atoms with Crippen molar-refractivity contribution in [3.8, 4) is 0 Å². The van der Waals surface area contributed by atoms with Gasteiger partial charge < -0.3 is 0 Å². The van der Waals surface area contributed by atoms with Crippen LogP contribution in [0.25, 0.3) is 0 Å². The predicted octanol–water partition coefficient (Wildman–Crippen LogP) is 3.44. The molecule has 0 N–H and O–H groups in total. The van der Waals surface area contributed by atoms with Gasteiger partial charge in [-0.05, 0) is 37.0 Å². The average Bonchev–Trinajstić information content (AvgIpc) is 2.60. The molecule has 1 amide bonds. The maximum atomic E-state index is 11.6. The first-order valence-electron chi connectivity index (χ1n) is 6.44. The van der Waals surface area contributed by atoms with Crippen LogP contribution in [0.4, 0.5) is 0 Å². The lowest BCUT2D eigenvalue weighted by Crippen LogP contribution is -2.29. The Bertz CT molecular complexity index is 372. The van der Waals surface area contributed by atoms with Crippen molar-refractivity contribution in [2.45, 2.75) is 46.5 Å². The minimum Gasteiger partial charge on any atom is -0.272 e. The van der Waals surface area contributed by atoms with E-state index in [4.69, 9.17) is 12.2 Å². The minimum atomic E-state index is 0.0236. The zero-order chi connectivity index (χ0) is 13.3. The summed E-state index contributed by atoms with van der Waals surface area (Å²) in [6, 6.07) is 0. The Morgan fingerprint density at radius 3 is 2.39 bits per heavy atom. The first kappa shape index (κ1) is 14.0. The Morgan fingerprint density at radius 1 is 1.33 bits per heavy atom. The van der Waals surface area contributed by atoms with Crippen LogP contribution in [0.3, 0.4) is 0 Å². The molecule has 3 nitrogen and oxygen atoms in total. The third kappa shape index (κ3) is 3.12. The van der Waals surface area contributed by atoms with Crippen LogP contribution in [-0.2, 0) is 4.79 Å². The Labute approximate surface area is 118 Å². The van der Waals surface area contributed by atoms with Gasteiger partial charge in [0.2, 0.25) is 0 Å². The van der Waals surface area contributed by atoms with Crippen LogP contribution in [0.2, 0.25) is 0 Å². The van der Waals surface area contributed by atoms with Gasteiger partial charge in [0.25, 0.3) is 5.91 Å². The van der Waals surface area contributed by atoms with Gasteiger partial charge >= 0.3 is 0 Å². The molecule has 0 radical (unpaired) electrons. The van der Waals surface area contributed by atoms with Gasteiger partial charge in [-0.3, -0.25) is 4.79 Å². The molecule has 0 unspecified atom stereocenters. The molecule has 2 fully saturated rings. The maximum absolute atomic E-state index is 11.6. The van der Waals surface area contributed by atoms with Crippen molar-refractivity contribution in [3.05, 3.63) is 0 Å². The van der Waals surface area contributed by atoms with Crippen LogP contribution in [0.5, 0.6) is 0 Å². The third-order valence-electron chi connectivity index (χ3n) is 3.76. The summed E-state index contributed by atoms with van der Waals surface area (Å²) in [6.45, 7) is 6.90. The number of thiocarbonyl (C=S) groups is 1. The molecule has 0 spiro atoms. The molecule has 0 atom stereocenters. The summed E-state index contributed by atoms with van der Waals surface area (Å²) in [5.41, 5.74) is 1.51. The number of hydrogen-bond acceptors (Lipinski definition) is 4. The second-order valence-corrected chi connectivity index (χ2v) is 7.68. The highest BCUT2D eigenvalue weighted by Crippen LogP contribution is 2.37. The minimum absolute atomic E-state index is 0.0236. The molecule has 0 aromatic carbocycles. The Morgan fingerprint density at radius 2 is 1.94 bits per heavy atom. The molecule has 0 aromatic heterocycles. The van der Waals surface area contributed by atoms with Crippen molar-refractivity contribution in [3.63, 3.8) is 0 Å². The van der Waals surface area contributed by atoms with Crippen molar-refractivity contribution in [2.24, 2.45) is 16.4 Å². The van der Waals surface area contributed by atoms with E-state index in [1.807, 2.05) is 0 Å². The standard InChI is InChI=1S/C13H20N2OS2/c1-13(2,3)9-4-6-10(7-5-9)14-15-11(16)8-18-12(15)17/h9H,4-8H2,1-3H3. The quantitative estimate of drug-likeness (QED) is 0.691. The number of hydrazone groups is 1. The summed E-state index contributed by atoms with van der Waals surface area (Å²) in [7, 11) is 0. The zero-order valence-electron chi connectivity index (χ0n) is 11.2. The fraction of sp³-hybridized carbons (Fsp3) is 0.769. The van der Waals surface area contributed by atoms with Crippen molar-refractivity contribution in [1.29, 1.82) is 0 Å². The fourth-order valence-corrected chi connectivity index (χ4v) is 3.46. The monoisotopic (exact) mass is 284 g/mol. The first-order chi connectivity index (χ1) is 8.38. The number of nitrogens with zero attached hydrogens (tertiary/aromatic N) is 2. The van der Waals surface area contributed by atoms with E-state index in [9.17, 15) is 4.79 Å². The van der Waals surface area contributed by atoms with E-state index in [2.05, 4.69) is 25.9 Å². The Hall–Kier alpha value is -0.420. The van der Waals surface area contributed by atoms with Gasteiger partial charge in [0.05, 0.1) is 5.75 Å². The Kier molecular flexibility index (Phi) is 4.11. The molecule has 0 aromatic rings. The van der Waals surface area contributed by atoms with Gasteiger partial charge in [0.1, 0.15) is 0 Å². The van der Waals surface area contributed by atoms with Crippen LogP contribution in [-0.4, -0.2) is 26.7 Å². The molecule has 100 valence electrons. The molecular weight excluding hydrogens is 264 g/mol. The zero-order valence-corrected chi connectivity index (χ0v) is 12.9. The van der Waals surface area contributed by atoms with E-state index in [0.29, 0.717) is 15.5 Å². The van der Waals surface area contributed by atoms with Gasteiger partial charge in [0, 0.05) is 5.71 Å². The molecule has 1 aliphatic heterocycles. The second-order valence-electron chi connectivity index (χ2n) is 6.07. The second kappa shape index (κ2) is 5.29. The SMILES string of the molecule is CC(C)(C)C1CCC(=NN2C(=O)CSC2=S)CC1. The number of carbonyl (C=O) groups excluding carboxylic acids is 1. The lowest BCUT2D eigenvalue weighted by Gasteiger charge is -2.34. The van der Waals surface area contributed by atoms with E-state index >= 15 is 0 Å². The number of amides is 1. The number of rotatable bonds is 1. The van der Waals surface area contributed by atoms with E-state index in [0.717, 1.165) is 24.5 Å². The van der Waals surface area contributed by atoms with E-state index < -0.39 is 0 Å². The molecule has 1 saturated carbocycles. The highest BCUT2D eigenvalue weighted by Gasteiger charge is 2.30. The van der Waals surface area contributed by atoms with E-state index in [1.54, 1.807) is 0 Å². The number of hydrogen-bond donors (Lipinski definition) is 0. The smallest absolute Gasteiger partial charge is 0.259 e. The lowest BCUT2D eigenvalue weighted by molar-refractivity contribution is -0.124. The summed E-state index contributed by atoms with van der Waals surface area (Å²) in [4.78, 5) is 11.6. The summed E-state index contributed by atoms with van der Waals surface area (Å²) in [6.07, 6.45) is 4.34. The average molecular weight is 284 g/mol. The van der Waals surface area contributed by atoms with Gasteiger partial charge in [0.15, 0.2) is 4.32 Å². The van der Waals surface area contributed by atoms with Gasteiger partial charge in [-0.2, -0.15) is 10.1 Å². The molecule has 5 heteroatoms. The predicted molar refractivity (Wildman–Crippen MR) is 80.8 cm³/mol. The Balaban J connectivity index is 1.97. The van der Waals surface area contributed by atoms with E-state index in [1.165, 1.54) is 29.6 Å². The lowest BCUT2D eigenvalue weighted by atomic mass is 9.72. The highest BCUT2D eigenvalue weighted by atomic mass is 32.2. The molecule has 0 bridgehead atoms. The van der Waals surface area contributed by atoms with Gasteiger partial charge in [-0.1, -0.05) is 44.8 Å². The summed E-state index contributed by atoms with van der Waals surface area (Å²) >= 11 is 6.54. The van der Waals surface area contributed by atoms with Crippen molar-refractivity contribution < 1.29 is 4.79 Å². The summed E-state index contributed by atoms with van der Waals surface area (Å²) in [5, 5.41) is 5.88. The first-order valence-corrected chi connectivity index (χ1v) is 7.83. The molecule has 18 heavy (non-hydrogen) atoms. The van der Waals surface area contributed by atoms with Crippen molar-refractivity contribution in [1.82, 2.24) is 5.01 Å². The summed E-state index contributed by atoms with van der Waals surface area (Å²) in [5.74, 6) is 1.22.